The molecule has 3 rings (SSSR count). The number of methoxy groups -OCH3 is 1. The van der Waals surface area contributed by atoms with Crippen LogP contribution in [0, 0.1) is 0 Å². The first-order chi connectivity index (χ1) is 11.5. The number of nitrogens with zero attached hydrogens (tertiary/aromatic N) is 1. The summed E-state index contributed by atoms with van der Waals surface area (Å²) in [5, 5.41) is 0. The van der Waals surface area contributed by atoms with E-state index in [2.05, 4.69) is 25.6 Å². The fourth-order valence-corrected chi connectivity index (χ4v) is 6.10. The van der Waals surface area contributed by atoms with Crippen LogP contribution in [0.15, 0.2) is 44.4 Å². The molecule has 1 N–H and O–H groups in total. The van der Waals surface area contributed by atoms with Gasteiger partial charge in [0.05, 0.1) is 10.9 Å². The van der Waals surface area contributed by atoms with Gasteiger partial charge in [0.1, 0.15) is 9.96 Å². The van der Waals surface area contributed by atoms with Crippen molar-refractivity contribution in [3.63, 3.8) is 0 Å². The second-order valence-corrected chi connectivity index (χ2v) is 10.0. The molecule has 0 saturated carbocycles. The number of piperidine rings is 1. The monoisotopic (exact) mass is 430 g/mol. The van der Waals surface area contributed by atoms with Crippen LogP contribution >= 0.6 is 27.3 Å². The molecule has 24 heavy (non-hydrogen) atoms. The zero-order chi connectivity index (χ0) is 17.2. The number of hydrogen-bond donors (Lipinski definition) is 1. The molecule has 8 heteroatoms. The van der Waals surface area contributed by atoms with Crippen LogP contribution in [0.25, 0.3) is 0 Å². The first-order valence-electron chi connectivity index (χ1n) is 7.64. The van der Waals surface area contributed by atoms with Crippen molar-refractivity contribution in [2.75, 3.05) is 25.1 Å². The van der Waals surface area contributed by atoms with E-state index in [1.165, 1.54) is 11.3 Å². The highest BCUT2D eigenvalue weighted by Gasteiger charge is 2.25. The number of anilines is 1. The maximum absolute atomic E-state index is 12.4. The Labute approximate surface area is 154 Å². The second kappa shape index (κ2) is 7.43. The maximum atomic E-state index is 12.4. The zero-order valence-electron chi connectivity index (χ0n) is 13.2. The fourth-order valence-electron chi connectivity index (χ4n) is 2.77. The van der Waals surface area contributed by atoms with E-state index in [4.69, 9.17) is 4.74 Å². The van der Waals surface area contributed by atoms with Crippen LogP contribution in [0.3, 0.4) is 0 Å². The van der Waals surface area contributed by atoms with Crippen molar-refractivity contribution in [1.82, 2.24) is 4.72 Å². The van der Waals surface area contributed by atoms with Crippen LogP contribution in [-0.4, -0.2) is 34.7 Å². The van der Waals surface area contributed by atoms with E-state index in [9.17, 15) is 8.42 Å². The molecular formula is C16H19BrN2O3S2. The van der Waals surface area contributed by atoms with Crippen molar-refractivity contribution in [2.24, 2.45) is 0 Å². The van der Waals surface area contributed by atoms with Gasteiger partial charge in [-0.15, -0.1) is 11.3 Å². The summed E-state index contributed by atoms with van der Waals surface area (Å²) in [6.07, 6.45) is 1.58. The number of thiophene rings is 1. The van der Waals surface area contributed by atoms with Gasteiger partial charge in [0.15, 0.2) is 0 Å². The topological polar surface area (TPSA) is 58.6 Å². The molecule has 1 saturated heterocycles. The predicted octanol–water partition coefficient (Wildman–Crippen LogP) is 3.47. The van der Waals surface area contributed by atoms with E-state index < -0.39 is 10.0 Å². The Morgan fingerprint density at radius 1 is 1.17 bits per heavy atom. The minimum Gasteiger partial charge on any atom is -0.497 e. The van der Waals surface area contributed by atoms with Gasteiger partial charge in [-0.2, -0.15) is 0 Å². The lowest BCUT2D eigenvalue weighted by Gasteiger charge is -2.33. The molecular weight excluding hydrogens is 412 g/mol. The molecule has 5 nitrogen and oxygen atoms in total. The summed E-state index contributed by atoms with van der Waals surface area (Å²) in [7, 11) is -1.78. The van der Waals surface area contributed by atoms with E-state index >= 15 is 0 Å². The average molecular weight is 431 g/mol. The molecule has 0 amide bonds. The molecule has 1 fully saturated rings. The number of sulfonamides is 1. The molecule has 1 aromatic heterocycles. The van der Waals surface area contributed by atoms with Crippen LogP contribution in [0.2, 0.25) is 0 Å². The van der Waals surface area contributed by atoms with Gasteiger partial charge in [-0.1, -0.05) is 0 Å². The summed E-state index contributed by atoms with van der Waals surface area (Å²) in [4.78, 5) is 2.27. The third-order valence-electron chi connectivity index (χ3n) is 4.07. The van der Waals surface area contributed by atoms with E-state index in [1.54, 1.807) is 19.2 Å². The molecule has 130 valence electrons. The first-order valence-corrected chi connectivity index (χ1v) is 10.7. The number of nitrogens with one attached hydrogen (secondary N) is 1. The van der Waals surface area contributed by atoms with Crippen LogP contribution in [0.1, 0.15) is 12.8 Å². The molecule has 1 aliphatic heterocycles. The Kier molecular flexibility index (Phi) is 5.49. The van der Waals surface area contributed by atoms with Crippen molar-refractivity contribution in [2.45, 2.75) is 23.1 Å². The molecule has 0 spiro atoms. The van der Waals surface area contributed by atoms with Crippen molar-refractivity contribution < 1.29 is 13.2 Å². The quantitative estimate of drug-likeness (QED) is 0.788. The van der Waals surface area contributed by atoms with Crippen LogP contribution in [0.4, 0.5) is 5.69 Å². The Morgan fingerprint density at radius 3 is 2.38 bits per heavy atom. The molecule has 2 heterocycles. The summed E-state index contributed by atoms with van der Waals surface area (Å²) in [5.41, 5.74) is 1.14. The molecule has 0 atom stereocenters. The Balaban J connectivity index is 1.58. The first kappa shape index (κ1) is 17.7. The molecule has 1 aromatic carbocycles. The average Bonchev–Trinajstić information content (AvgIpc) is 3.03. The highest BCUT2D eigenvalue weighted by atomic mass is 79.9. The number of ether oxygens (including phenoxy) is 1. The summed E-state index contributed by atoms with van der Waals surface area (Å²) in [6, 6.07) is 11.3. The molecule has 0 unspecified atom stereocenters. The molecule has 2 aromatic rings. The van der Waals surface area contributed by atoms with Crippen molar-refractivity contribution >= 4 is 43.0 Å². The number of halogens is 1. The van der Waals surface area contributed by atoms with Gasteiger partial charge >= 0.3 is 0 Å². The van der Waals surface area contributed by atoms with Gasteiger partial charge in [0.2, 0.25) is 10.0 Å². The molecule has 1 aliphatic rings. The van der Waals surface area contributed by atoms with Crippen LogP contribution in [0.5, 0.6) is 5.75 Å². The lowest BCUT2D eigenvalue weighted by atomic mass is 10.1. The van der Waals surface area contributed by atoms with Gasteiger partial charge < -0.3 is 9.64 Å². The minimum absolute atomic E-state index is 0.0228. The van der Waals surface area contributed by atoms with E-state index in [0.717, 1.165) is 41.2 Å². The summed E-state index contributed by atoms with van der Waals surface area (Å²) in [6.45, 7) is 1.65. The Bertz CT molecular complexity index is 782. The van der Waals surface area contributed by atoms with Crippen molar-refractivity contribution in [3.8, 4) is 5.75 Å². The summed E-state index contributed by atoms with van der Waals surface area (Å²) >= 11 is 4.53. The van der Waals surface area contributed by atoms with Crippen LogP contribution in [-0.2, 0) is 10.0 Å². The third-order valence-corrected chi connectivity index (χ3v) is 7.70. The number of benzene rings is 1. The molecule has 0 radical (unpaired) electrons. The zero-order valence-corrected chi connectivity index (χ0v) is 16.5. The van der Waals surface area contributed by atoms with Gasteiger partial charge in [-0.3, -0.25) is 0 Å². The third kappa shape index (κ3) is 4.11. The van der Waals surface area contributed by atoms with Crippen molar-refractivity contribution in [1.29, 1.82) is 0 Å². The standard InChI is InChI=1S/C16H19BrN2O3S2/c1-22-14-4-2-13(3-5-14)19-10-8-12(9-11-19)18-24(20,21)16-7-6-15(17)23-16/h2-7,12,18H,8-11H2,1H3. The van der Waals surface area contributed by atoms with Gasteiger partial charge in [-0.25, -0.2) is 13.1 Å². The minimum atomic E-state index is -3.43. The van der Waals surface area contributed by atoms with E-state index in [0.29, 0.717) is 4.21 Å². The SMILES string of the molecule is COc1ccc(N2CCC(NS(=O)(=O)c3ccc(Br)s3)CC2)cc1. The summed E-state index contributed by atoms with van der Waals surface area (Å²) in [5.74, 6) is 0.837. The van der Waals surface area contributed by atoms with E-state index in [-0.39, 0.29) is 6.04 Å². The predicted molar refractivity (Wildman–Crippen MR) is 101 cm³/mol. The van der Waals surface area contributed by atoms with Gasteiger partial charge in [0, 0.05) is 24.8 Å². The van der Waals surface area contributed by atoms with Crippen LogP contribution < -0.4 is 14.4 Å². The number of rotatable bonds is 5. The van der Waals surface area contributed by atoms with Crippen molar-refractivity contribution in [3.05, 3.63) is 40.2 Å². The largest absolute Gasteiger partial charge is 0.497 e. The lowest BCUT2D eigenvalue weighted by Crippen LogP contribution is -2.44. The molecule has 0 aliphatic carbocycles. The normalized spacial score (nSPS) is 16.3. The Hall–Kier alpha value is -1.09. The lowest BCUT2D eigenvalue weighted by molar-refractivity contribution is 0.414. The highest BCUT2D eigenvalue weighted by molar-refractivity contribution is 9.11. The van der Waals surface area contributed by atoms with Gasteiger partial charge in [-0.05, 0) is 65.2 Å². The highest BCUT2D eigenvalue weighted by Crippen LogP contribution is 2.27. The number of hydrogen-bond acceptors (Lipinski definition) is 5. The smallest absolute Gasteiger partial charge is 0.250 e. The fraction of sp³-hybridized carbons (Fsp3) is 0.375. The molecule has 0 bridgehead atoms. The second-order valence-electron chi connectivity index (χ2n) is 5.64. The van der Waals surface area contributed by atoms with Gasteiger partial charge in [0.25, 0.3) is 0 Å². The van der Waals surface area contributed by atoms with E-state index in [1.807, 2.05) is 24.3 Å². The summed E-state index contributed by atoms with van der Waals surface area (Å²) < 4.78 is 33.9. The Morgan fingerprint density at radius 2 is 1.83 bits per heavy atom. The maximum Gasteiger partial charge on any atom is 0.250 e.